The average molecular weight is 245 g/mol. The molecule has 1 aliphatic heterocycles. The molecule has 2 aromatic heterocycles. The highest BCUT2D eigenvalue weighted by Crippen LogP contribution is 2.26. The van der Waals surface area contributed by atoms with Crippen LogP contribution in [0.4, 0.5) is 5.82 Å². The molecule has 3 heterocycles. The summed E-state index contributed by atoms with van der Waals surface area (Å²) >= 11 is 0. The van der Waals surface area contributed by atoms with E-state index in [-0.39, 0.29) is 0 Å². The molecule has 0 bridgehead atoms. The Balaban J connectivity index is 1.91. The van der Waals surface area contributed by atoms with Crippen LogP contribution in [-0.4, -0.2) is 33.7 Å². The maximum atomic E-state index is 5.80. The molecule has 0 radical (unpaired) electrons. The number of fused-ring (bicyclic) bond motifs is 1. The number of anilines is 1. The molecule has 2 unspecified atom stereocenters. The first kappa shape index (κ1) is 11.5. The van der Waals surface area contributed by atoms with Gasteiger partial charge in [0.05, 0.1) is 6.20 Å². The molecule has 2 atom stereocenters. The van der Waals surface area contributed by atoms with Crippen molar-refractivity contribution in [1.29, 1.82) is 0 Å². The molecule has 5 heteroatoms. The summed E-state index contributed by atoms with van der Waals surface area (Å²) in [7, 11) is 0. The number of rotatable bonds is 2. The van der Waals surface area contributed by atoms with Crippen LogP contribution < -0.4 is 10.6 Å². The van der Waals surface area contributed by atoms with Gasteiger partial charge in [0.15, 0.2) is 5.65 Å². The van der Waals surface area contributed by atoms with Gasteiger partial charge in [-0.15, -0.1) is 0 Å². The van der Waals surface area contributed by atoms with Gasteiger partial charge in [0.2, 0.25) is 0 Å². The largest absolute Gasteiger partial charge is 0.353 e. The number of hydrogen-bond donors (Lipinski definition) is 1. The fraction of sp³-hybridized carbons (Fsp3) is 0.538. The van der Waals surface area contributed by atoms with E-state index < -0.39 is 0 Å². The van der Waals surface area contributed by atoms with Crippen molar-refractivity contribution in [3.05, 3.63) is 24.5 Å². The van der Waals surface area contributed by atoms with E-state index in [1.54, 1.807) is 10.7 Å². The summed E-state index contributed by atoms with van der Waals surface area (Å²) in [4.78, 5) is 7.03. The lowest BCUT2D eigenvalue weighted by Gasteiger charge is -2.38. The Bertz CT molecular complexity index is 535. The molecule has 3 rings (SSSR count). The Kier molecular flexibility index (Phi) is 2.91. The quantitative estimate of drug-likeness (QED) is 0.866. The smallest absolute Gasteiger partial charge is 0.157 e. The van der Waals surface area contributed by atoms with Gasteiger partial charge in [-0.05, 0) is 38.3 Å². The van der Waals surface area contributed by atoms with Crippen LogP contribution in [0.2, 0.25) is 0 Å². The predicted molar refractivity (Wildman–Crippen MR) is 71.6 cm³/mol. The zero-order chi connectivity index (χ0) is 12.5. The van der Waals surface area contributed by atoms with Crippen molar-refractivity contribution in [1.82, 2.24) is 14.6 Å². The Labute approximate surface area is 107 Å². The van der Waals surface area contributed by atoms with Crippen molar-refractivity contribution < 1.29 is 0 Å². The summed E-state index contributed by atoms with van der Waals surface area (Å²) in [5, 5.41) is 4.17. The Hall–Kier alpha value is -1.62. The molecule has 1 saturated heterocycles. The molecule has 0 aliphatic carbocycles. The topological polar surface area (TPSA) is 59.5 Å². The monoisotopic (exact) mass is 245 g/mol. The van der Waals surface area contributed by atoms with E-state index >= 15 is 0 Å². The average Bonchev–Trinajstić information content (AvgIpc) is 2.86. The summed E-state index contributed by atoms with van der Waals surface area (Å²) in [6.07, 6.45) is 6.15. The lowest BCUT2D eigenvalue weighted by molar-refractivity contribution is 0.372. The SMILES string of the molecule is CC1CCC(CN)CN1c1ccn2nccc2n1. The zero-order valence-corrected chi connectivity index (χ0v) is 10.7. The summed E-state index contributed by atoms with van der Waals surface area (Å²) in [6, 6.07) is 4.50. The van der Waals surface area contributed by atoms with Gasteiger partial charge in [-0.25, -0.2) is 9.50 Å². The molecule has 2 aromatic rings. The molecule has 0 aromatic carbocycles. The van der Waals surface area contributed by atoms with Crippen molar-refractivity contribution in [2.24, 2.45) is 11.7 Å². The third-order valence-electron chi connectivity index (χ3n) is 3.85. The molecule has 0 amide bonds. The summed E-state index contributed by atoms with van der Waals surface area (Å²) in [5.74, 6) is 1.62. The van der Waals surface area contributed by atoms with E-state index in [0.29, 0.717) is 12.0 Å². The second-order valence-electron chi connectivity index (χ2n) is 5.10. The van der Waals surface area contributed by atoms with Gasteiger partial charge in [-0.3, -0.25) is 0 Å². The van der Waals surface area contributed by atoms with E-state index in [0.717, 1.165) is 24.6 Å². The lowest BCUT2D eigenvalue weighted by Crippen LogP contribution is -2.44. The van der Waals surface area contributed by atoms with Crippen LogP contribution in [0.5, 0.6) is 0 Å². The number of aromatic nitrogens is 3. The van der Waals surface area contributed by atoms with Gasteiger partial charge in [-0.1, -0.05) is 0 Å². The van der Waals surface area contributed by atoms with Crippen molar-refractivity contribution >= 4 is 11.5 Å². The van der Waals surface area contributed by atoms with E-state index in [1.807, 2.05) is 18.3 Å². The van der Waals surface area contributed by atoms with Gasteiger partial charge in [0.25, 0.3) is 0 Å². The first-order chi connectivity index (χ1) is 8.78. The van der Waals surface area contributed by atoms with Gasteiger partial charge in [0, 0.05) is 24.8 Å². The van der Waals surface area contributed by atoms with Crippen molar-refractivity contribution in [2.45, 2.75) is 25.8 Å². The fourth-order valence-electron chi connectivity index (χ4n) is 2.66. The van der Waals surface area contributed by atoms with Crippen LogP contribution in [0, 0.1) is 5.92 Å². The number of piperidine rings is 1. The van der Waals surface area contributed by atoms with E-state index in [2.05, 4.69) is 21.9 Å². The van der Waals surface area contributed by atoms with Crippen LogP contribution in [0.3, 0.4) is 0 Å². The molecule has 0 spiro atoms. The first-order valence-corrected chi connectivity index (χ1v) is 6.55. The number of hydrogen-bond acceptors (Lipinski definition) is 4. The van der Waals surface area contributed by atoms with Crippen molar-refractivity contribution in [3.8, 4) is 0 Å². The second-order valence-corrected chi connectivity index (χ2v) is 5.10. The molecular weight excluding hydrogens is 226 g/mol. The minimum absolute atomic E-state index is 0.533. The highest BCUT2D eigenvalue weighted by Gasteiger charge is 2.25. The van der Waals surface area contributed by atoms with E-state index in [4.69, 9.17) is 5.73 Å². The number of nitrogens with two attached hydrogens (primary N) is 1. The van der Waals surface area contributed by atoms with Gasteiger partial charge >= 0.3 is 0 Å². The second kappa shape index (κ2) is 4.57. The Morgan fingerprint density at radius 1 is 1.39 bits per heavy atom. The van der Waals surface area contributed by atoms with Crippen molar-refractivity contribution in [2.75, 3.05) is 18.0 Å². The zero-order valence-electron chi connectivity index (χ0n) is 10.7. The molecule has 2 N–H and O–H groups in total. The van der Waals surface area contributed by atoms with Gasteiger partial charge < -0.3 is 10.6 Å². The predicted octanol–water partition coefficient (Wildman–Crippen LogP) is 1.29. The third kappa shape index (κ3) is 1.95. The van der Waals surface area contributed by atoms with Gasteiger partial charge in [0.1, 0.15) is 5.82 Å². The van der Waals surface area contributed by atoms with E-state index in [9.17, 15) is 0 Å². The molecule has 1 aliphatic rings. The normalized spacial score (nSPS) is 24.7. The Morgan fingerprint density at radius 3 is 3.11 bits per heavy atom. The minimum atomic E-state index is 0.533. The van der Waals surface area contributed by atoms with E-state index in [1.165, 1.54) is 12.8 Å². The molecule has 96 valence electrons. The highest BCUT2D eigenvalue weighted by atomic mass is 15.3. The maximum Gasteiger partial charge on any atom is 0.157 e. The van der Waals surface area contributed by atoms with Crippen LogP contribution in [0.1, 0.15) is 19.8 Å². The minimum Gasteiger partial charge on any atom is -0.353 e. The first-order valence-electron chi connectivity index (χ1n) is 6.55. The molecule has 1 fully saturated rings. The Morgan fingerprint density at radius 2 is 2.28 bits per heavy atom. The van der Waals surface area contributed by atoms with Crippen LogP contribution in [-0.2, 0) is 0 Å². The molecule has 18 heavy (non-hydrogen) atoms. The highest BCUT2D eigenvalue weighted by molar-refractivity contribution is 5.48. The summed E-state index contributed by atoms with van der Waals surface area (Å²) in [5.41, 5.74) is 6.70. The van der Waals surface area contributed by atoms with Crippen LogP contribution in [0.25, 0.3) is 5.65 Å². The van der Waals surface area contributed by atoms with Crippen LogP contribution >= 0.6 is 0 Å². The summed E-state index contributed by atoms with van der Waals surface area (Å²) < 4.78 is 1.79. The van der Waals surface area contributed by atoms with Crippen LogP contribution in [0.15, 0.2) is 24.5 Å². The molecule has 5 nitrogen and oxygen atoms in total. The maximum absolute atomic E-state index is 5.80. The lowest BCUT2D eigenvalue weighted by atomic mass is 9.93. The number of nitrogens with zero attached hydrogens (tertiary/aromatic N) is 4. The van der Waals surface area contributed by atoms with Gasteiger partial charge in [-0.2, -0.15) is 5.10 Å². The summed E-state index contributed by atoms with van der Waals surface area (Å²) in [6.45, 7) is 4.03. The molecule has 0 saturated carbocycles. The fourth-order valence-corrected chi connectivity index (χ4v) is 2.66. The molecular formula is C13H19N5. The van der Waals surface area contributed by atoms with Crippen molar-refractivity contribution in [3.63, 3.8) is 0 Å². The third-order valence-corrected chi connectivity index (χ3v) is 3.85. The standard InChI is InChI=1S/C13H19N5/c1-10-2-3-11(8-14)9-17(10)12-5-7-18-13(16-12)4-6-15-18/h4-7,10-11H,2-3,8-9,14H2,1H3.